The van der Waals surface area contributed by atoms with Crippen molar-refractivity contribution in [3.05, 3.63) is 59.7 Å². The van der Waals surface area contributed by atoms with Gasteiger partial charge in [-0.15, -0.1) is 0 Å². The van der Waals surface area contributed by atoms with Crippen LogP contribution in [0.2, 0.25) is 0 Å². The minimum atomic E-state index is -1.64. The van der Waals surface area contributed by atoms with E-state index in [2.05, 4.69) is 12.2 Å². The molecule has 2 aromatic carbocycles. The number of aryl methyl sites for hydroxylation is 1. The zero-order valence-electron chi connectivity index (χ0n) is 35.9. The molecule has 13 heteroatoms. The molecule has 1 aliphatic rings. The Balaban J connectivity index is 1.33. The van der Waals surface area contributed by atoms with Crippen molar-refractivity contribution in [1.29, 1.82) is 0 Å². The number of halogens is 2. The Bertz CT molecular complexity index is 1420. The molecular formula is C47H75F2NO10. The summed E-state index contributed by atoms with van der Waals surface area (Å²) in [5, 5.41) is 65.1. The Hall–Kier alpha value is -2.75. The first-order valence-corrected chi connectivity index (χ1v) is 22.8. The van der Waals surface area contributed by atoms with Crippen LogP contribution in [0.1, 0.15) is 154 Å². The van der Waals surface area contributed by atoms with Gasteiger partial charge >= 0.3 is 0 Å². The number of nitrogens with one attached hydrogen (secondary N) is 1. The van der Waals surface area contributed by atoms with Crippen molar-refractivity contribution in [3.8, 4) is 11.5 Å². The molecule has 60 heavy (non-hydrogen) atoms. The topological polar surface area (TPSA) is 178 Å². The van der Waals surface area contributed by atoms with Crippen LogP contribution in [0.5, 0.6) is 11.5 Å². The monoisotopic (exact) mass is 852 g/mol. The molecule has 1 amide bonds. The van der Waals surface area contributed by atoms with Gasteiger partial charge in [-0.3, -0.25) is 4.79 Å². The summed E-state index contributed by atoms with van der Waals surface area (Å²) in [6.45, 7) is 1.25. The molecule has 0 spiro atoms. The normalized spacial score (nSPS) is 20.8. The molecule has 1 fully saturated rings. The molecule has 0 aromatic heterocycles. The number of aliphatic hydroxyl groups is 6. The van der Waals surface area contributed by atoms with Crippen LogP contribution in [0.15, 0.2) is 42.5 Å². The maximum atomic E-state index is 14.6. The van der Waals surface area contributed by atoms with Gasteiger partial charge in [0.1, 0.15) is 42.1 Å². The lowest BCUT2D eigenvalue weighted by Crippen LogP contribution is -2.60. The van der Waals surface area contributed by atoms with Crippen LogP contribution in [-0.2, 0) is 20.7 Å². The number of benzene rings is 2. The molecule has 342 valence electrons. The number of hydrogen-bond donors (Lipinski definition) is 7. The Morgan fingerprint density at radius 1 is 0.733 bits per heavy atom. The number of carbonyl (C=O) groups excluding carboxylic acids is 1. The molecule has 1 saturated heterocycles. The van der Waals surface area contributed by atoms with E-state index >= 15 is 0 Å². The summed E-state index contributed by atoms with van der Waals surface area (Å²) in [5.41, 5.74) is 0.890. The summed E-state index contributed by atoms with van der Waals surface area (Å²) >= 11 is 0. The number of carbonyl (C=O) groups is 1. The van der Waals surface area contributed by atoms with E-state index in [1.54, 1.807) is 6.07 Å². The minimum absolute atomic E-state index is 0.0973. The lowest BCUT2D eigenvalue weighted by atomic mass is 9.98. The standard InChI is InChI=1S/C47H75F2NO10/c1-2-3-4-5-6-7-8-9-10-14-17-20-23-39(52)43(54)38(33-58-47-46(57)45(56)44(55)41(32-51)60-47)50-42(53)24-21-18-15-12-11-13-16-19-22-34-25-30-40(37(49)31-34)59-36-28-26-35(48)27-29-36/h25-31,38-39,41,43-47,51-52,54-57H,2-24,32-33H2,1H3,(H,50,53)/t38-,39+,41?,43-,44-,45-,46?,47-/m0/s1. The first-order valence-electron chi connectivity index (χ1n) is 22.8. The fraction of sp³-hybridized carbons (Fsp3) is 0.723. The highest BCUT2D eigenvalue weighted by Crippen LogP contribution is 2.27. The Labute approximate surface area is 356 Å². The van der Waals surface area contributed by atoms with Gasteiger partial charge in [0, 0.05) is 6.42 Å². The van der Waals surface area contributed by atoms with E-state index in [1.807, 2.05) is 6.07 Å². The number of aliphatic hydroxyl groups excluding tert-OH is 6. The largest absolute Gasteiger partial charge is 0.454 e. The van der Waals surface area contributed by atoms with Gasteiger partial charge in [0.25, 0.3) is 0 Å². The third-order valence-electron chi connectivity index (χ3n) is 11.5. The van der Waals surface area contributed by atoms with E-state index in [4.69, 9.17) is 14.2 Å². The van der Waals surface area contributed by atoms with Crippen molar-refractivity contribution < 1.29 is 58.4 Å². The van der Waals surface area contributed by atoms with Crippen LogP contribution in [0.4, 0.5) is 8.78 Å². The van der Waals surface area contributed by atoms with Crippen LogP contribution in [-0.4, -0.2) is 98.7 Å². The molecule has 2 aromatic rings. The van der Waals surface area contributed by atoms with Crippen LogP contribution in [0.25, 0.3) is 0 Å². The molecule has 0 saturated carbocycles. The summed E-state index contributed by atoms with van der Waals surface area (Å²) < 4.78 is 44.3. The number of unbranched alkanes of at least 4 members (excludes halogenated alkanes) is 18. The van der Waals surface area contributed by atoms with E-state index in [9.17, 15) is 44.2 Å². The van der Waals surface area contributed by atoms with Crippen molar-refractivity contribution in [2.45, 2.75) is 204 Å². The zero-order chi connectivity index (χ0) is 43.5. The second kappa shape index (κ2) is 30.3. The molecule has 11 nitrogen and oxygen atoms in total. The maximum absolute atomic E-state index is 14.6. The molecule has 1 heterocycles. The van der Waals surface area contributed by atoms with Crippen molar-refractivity contribution >= 4 is 5.91 Å². The predicted octanol–water partition coefficient (Wildman–Crippen LogP) is 7.92. The van der Waals surface area contributed by atoms with Crippen molar-refractivity contribution in [3.63, 3.8) is 0 Å². The zero-order valence-corrected chi connectivity index (χ0v) is 35.9. The SMILES string of the molecule is CCCCCCCCCCCCCC[C@@H](O)[C@@H](O)[C@H](CO[C@H]1OC(CO)[C@H](O)[C@H](O)C1O)NC(=O)CCCCCCCCCCc1ccc(Oc2ccc(F)cc2)c(F)c1. The lowest BCUT2D eigenvalue weighted by molar-refractivity contribution is -0.303. The van der Waals surface area contributed by atoms with Crippen LogP contribution < -0.4 is 10.1 Å². The van der Waals surface area contributed by atoms with E-state index < -0.39 is 61.4 Å². The highest BCUT2D eigenvalue weighted by atomic mass is 19.1. The summed E-state index contributed by atoms with van der Waals surface area (Å²) in [6.07, 6.45) is 12.9. The number of ether oxygens (including phenoxy) is 3. The fourth-order valence-electron chi connectivity index (χ4n) is 7.63. The molecule has 2 unspecified atom stereocenters. The van der Waals surface area contributed by atoms with Crippen molar-refractivity contribution in [2.24, 2.45) is 0 Å². The number of rotatable bonds is 33. The summed E-state index contributed by atoms with van der Waals surface area (Å²) in [7, 11) is 0. The Morgan fingerprint density at radius 2 is 1.30 bits per heavy atom. The quantitative estimate of drug-likeness (QED) is 0.0349. The van der Waals surface area contributed by atoms with Gasteiger partial charge in [-0.2, -0.15) is 0 Å². The molecule has 0 aliphatic carbocycles. The van der Waals surface area contributed by atoms with Gasteiger partial charge in [0.2, 0.25) is 5.91 Å². The molecule has 3 rings (SSSR count). The van der Waals surface area contributed by atoms with Gasteiger partial charge in [0.05, 0.1) is 25.4 Å². The Kier molecular flexibility index (Phi) is 26.1. The van der Waals surface area contributed by atoms with Crippen LogP contribution >= 0.6 is 0 Å². The maximum Gasteiger partial charge on any atom is 0.220 e. The molecule has 1 aliphatic heterocycles. The van der Waals surface area contributed by atoms with Gasteiger partial charge < -0.3 is 50.2 Å². The Morgan fingerprint density at radius 3 is 1.88 bits per heavy atom. The lowest BCUT2D eigenvalue weighted by Gasteiger charge is -2.40. The van der Waals surface area contributed by atoms with Gasteiger partial charge in [-0.1, -0.05) is 129 Å². The smallest absolute Gasteiger partial charge is 0.220 e. The first-order chi connectivity index (χ1) is 29.0. The van der Waals surface area contributed by atoms with E-state index in [0.29, 0.717) is 25.0 Å². The predicted molar refractivity (Wildman–Crippen MR) is 227 cm³/mol. The van der Waals surface area contributed by atoms with E-state index in [-0.39, 0.29) is 30.5 Å². The second-order valence-electron chi connectivity index (χ2n) is 16.6. The average Bonchev–Trinajstić information content (AvgIpc) is 3.24. The van der Waals surface area contributed by atoms with E-state index in [1.165, 1.54) is 81.7 Å². The van der Waals surface area contributed by atoms with Crippen molar-refractivity contribution in [1.82, 2.24) is 5.32 Å². The van der Waals surface area contributed by atoms with Crippen molar-refractivity contribution in [2.75, 3.05) is 13.2 Å². The number of amides is 1. The van der Waals surface area contributed by atoms with Gasteiger partial charge in [-0.05, 0) is 67.6 Å². The summed E-state index contributed by atoms with van der Waals surface area (Å²) in [5.74, 6) is -0.701. The highest BCUT2D eigenvalue weighted by molar-refractivity contribution is 5.76. The van der Waals surface area contributed by atoms with Crippen LogP contribution in [0, 0.1) is 11.6 Å². The minimum Gasteiger partial charge on any atom is -0.454 e. The third kappa shape index (κ3) is 20.0. The third-order valence-corrected chi connectivity index (χ3v) is 11.5. The molecular weight excluding hydrogens is 777 g/mol. The van der Waals surface area contributed by atoms with Gasteiger partial charge in [0.15, 0.2) is 17.9 Å². The molecule has 7 N–H and O–H groups in total. The number of hydrogen-bond acceptors (Lipinski definition) is 10. The molecule has 8 atom stereocenters. The summed E-state index contributed by atoms with van der Waals surface area (Å²) in [6, 6.07) is 9.31. The summed E-state index contributed by atoms with van der Waals surface area (Å²) in [4.78, 5) is 13.0. The average molecular weight is 852 g/mol. The fourth-order valence-corrected chi connectivity index (χ4v) is 7.63. The molecule has 0 bridgehead atoms. The van der Waals surface area contributed by atoms with E-state index in [0.717, 1.165) is 76.2 Å². The highest BCUT2D eigenvalue weighted by Gasteiger charge is 2.44. The second-order valence-corrected chi connectivity index (χ2v) is 16.6. The first kappa shape index (κ1) is 51.6. The van der Waals surface area contributed by atoms with Crippen LogP contribution in [0.3, 0.4) is 0 Å². The van der Waals surface area contributed by atoms with Gasteiger partial charge in [-0.25, -0.2) is 8.78 Å². The molecule has 0 radical (unpaired) electrons.